The summed E-state index contributed by atoms with van der Waals surface area (Å²) in [7, 11) is 1.61. The largest absolute Gasteiger partial charge is 0.497 e. The Kier molecular flexibility index (Phi) is 6.15. The highest BCUT2D eigenvalue weighted by molar-refractivity contribution is 9.10. The van der Waals surface area contributed by atoms with E-state index >= 15 is 0 Å². The quantitative estimate of drug-likeness (QED) is 0.764. The Hall–Kier alpha value is -2.78. The van der Waals surface area contributed by atoms with E-state index in [0.29, 0.717) is 6.54 Å². The number of hydrogen-bond donors (Lipinski definition) is 1. The Labute approximate surface area is 166 Å². The molecule has 1 saturated heterocycles. The minimum absolute atomic E-state index is 0.0439. The highest BCUT2D eigenvalue weighted by Gasteiger charge is 2.34. The molecule has 0 aromatic heterocycles. The zero-order valence-electron chi connectivity index (χ0n) is 14.9. The third-order valence-corrected chi connectivity index (χ3v) is 4.78. The smallest absolute Gasteiger partial charge is 0.227 e. The van der Waals surface area contributed by atoms with Gasteiger partial charge in [-0.05, 0) is 42.5 Å². The van der Waals surface area contributed by atoms with Crippen LogP contribution < -0.4 is 15.0 Å². The molecule has 0 spiro atoms. The molecular formula is C21H19BrN2O3. The van der Waals surface area contributed by atoms with Gasteiger partial charge < -0.3 is 15.0 Å². The topological polar surface area (TPSA) is 58.6 Å². The van der Waals surface area contributed by atoms with E-state index in [1.165, 1.54) is 0 Å². The molecule has 1 fully saturated rings. The Morgan fingerprint density at radius 3 is 2.78 bits per heavy atom. The van der Waals surface area contributed by atoms with Crippen LogP contribution >= 0.6 is 15.9 Å². The number of benzene rings is 2. The first-order valence-corrected chi connectivity index (χ1v) is 9.32. The number of rotatable bonds is 4. The van der Waals surface area contributed by atoms with Gasteiger partial charge in [-0.2, -0.15) is 0 Å². The van der Waals surface area contributed by atoms with Crippen LogP contribution in [0.4, 0.5) is 5.69 Å². The Morgan fingerprint density at radius 2 is 2.07 bits per heavy atom. The summed E-state index contributed by atoms with van der Waals surface area (Å²) in [4.78, 5) is 26.3. The third kappa shape index (κ3) is 4.89. The van der Waals surface area contributed by atoms with Crippen molar-refractivity contribution in [2.24, 2.45) is 5.92 Å². The molecule has 0 radical (unpaired) electrons. The zero-order valence-corrected chi connectivity index (χ0v) is 16.5. The number of anilines is 1. The average molecular weight is 427 g/mol. The molecule has 1 N–H and O–H groups in total. The molecule has 2 amide bonds. The minimum Gasteiger partial charge on any atom is -0.497 e. The Balaban J connectivity index is 1.53. The van der Waals surface area contributed by atoms with Crippen LogP contribution in [-0.4, -0.2) is 32.0 Å². The van der Waals surface area contributed by atoms with Gasteiger partial charge in [0.1, 0.15) is 5.75 Å². The fourth-order valence-electron chi connectivity index (χ4n) is 2.87. The van der Waals surface area contributed by atoms with Gasteiger partial charge in [0.2, 0.25) is 11.8 Å². The van der Waals surface area contributed by atoms with Gasteiger partial charge in [-0.3, -0.25) is 9.59 Å². The molecule has 2 aromatic rings. The number of carbonyl (C=O) groups is 2. The van der Waals surface area contributed by atoms with Crippen molar-refractivity contribution in [3.8, 4) is 17.6 Å². The molecular weight excluding hydrogens is 408 g/mol. The molecule has 0 saturated carbocycles. The van der Waals surface area contributed by atoms with Gasteiger partial charge in [0.15, 0.2) is 0 Å². The van der Waals surface area contributed by atoms with Crippen LogP contribution in [0.15, 0.2) is 53.0 Å². The molecule has 138 valence electrons. The van der Waals surface area contributed by atoms with Crippen LogP contribution in [0.2, 0.25) is 0 Å². The normalized spacial score (nSPS) is 15.9. The van der Waals surface area contributed by atoms with Gasteiger partial charge in [-0.25, -0.2) is 0 Å². The van der Waals surface area contributed by atoms with E-state index in [0.717, 1.165) is 21.5 Å². The summed E-state index contributed by atoms with van der Waals surface area (Å²) in [5.74, 6) is 6.14. The summed E-state index contributed by atoms with van der Waals surface area (Å²) in [5, 5.41) is 2.80. The number of nitrogens with one attached hydrogen (secondary N) is 1. The van der Waals surface area contributed by atoms with Gasteiger partial charge in [-0.15, -0.1) is 0 Å². The number of amides is 2. The lowest BCUT2D eigenvalue weighted by Crippen LogP contribution is -2.33. The van der Waals surface area contributed by atoms with Crippen molar-refractivity contribution >= 4 is 33.4 Å². The lowest BCUT2D eigenvalue weighted by Gasteiger charge is -2.16. The van der Waals surface area contributed by atoms with Crippen LogP contribution in [0.1, 0.15) is 12.0 Å². The predicted molar refractivity (Wildman–Crippen MR) is 107 cm³/mol. The Bertz CT molecular complexity index is 900. The first-order valence-electron chi connectivity index (χ1n) is 8.53. The maximum Gasteiger partial charge on any atom is 0.227 e. The van der Waals surface area contributed by atoms with Crippen LogP contribution in [0.5, 0.6) is 5.75 Å². The monoisotopic (exact) mass is 426 g/mol. The molecule has 3 rings (SSSR count). The summed E-state index contributed by atoms with van der Waals surface area (Å²) in [6, 6.07) is 14.9. The van der Waals surface area contributed by atoms with Crippen molar-refractivity contribution in [1.82, 2.24) is 5.32 Å². The van der Waals surface area contributed by atoms with Crippen LogP contribution in [0, 0.1) is 17.8 Å². The molecule has 2 aromatic carbocycles. The Morgan fingerprint density at radius 1 is 1.30 bits per heavy atom. The zero-order chi connectivity index (χ0) is 19.2. The van der Waals surface area contributed by atoms with Gasteiger partial charge >= 0.3 is 0 Å². The highest BCUT2D eigenvalue weighted by Crippen LogP contribution is 2.27. The minimum atomic E-state index is -0.362. The summed E-state index contributed by atoms with van der Waals surface area (Å²) < 4.78 is 6.00. The van der Waals surface area contributed by atoms with Gasteiger partial charge in [-0.1, -0.05) is 33.8 Å². The SMILES string of the molecule is COc1ccc(C#CCNC(=O)C2CC(=O)N(c3cccc(Br)c3)C2)cc1. The van der Waals surface area contributed by atoms with Gasteiger partial charge in [0.25, 0.3) is 0 Å². The second kappa shape index (κ2) is 8.74. The van der Waals surface area contributed by atoms with Gasteiger partial charge in [0, 0.05) is 28.7 Å². The number of halogens is 1. The number of nitrogens with zero attached hydrogens (tertiary/aromatic N) is 1. The van der Waals surface area contributed by atoms with Crippen molar-refractivity contribution in [3.05, 3.63) is 58.6 Å². The number of ether oxygens (including phenoxy) is 1. The maximum atomic E-state index is 12.3. The van der Waals surface area contributed by atoms with Crippen molar-refractivity contribution in [3.63, 3.8) is 0 Å². The average Bonchev–Trinajstić information content (AvgIpc) is 3.07. The fraction of sp³-hybridized carbons (Fsp3) is 0.238. The highest BCUT2D eigenvalue weighted by atomic mass is 79.9. The molecule has 5 nitrogen and oxygen atoms in total. The summed E-state index contributed by atoms with van der Waals surface area (Å²) in [5.41, 5.74) is 1.64. The van der Waals surface area contributed by atoms with Crippen molar-refractivity contribution in [2.45, 2.75) is 6.42 Å². The predicted octanol–water partition coefficient (Wildman–Crippen LogP) is 2.98. The summed E-state index contributed by atoms with van der Waals surface area (Å²) >= 11 is 3.40. The second-order valence-electron chi connectivity index (χ2n) is 6.13. The molecule has 6 heteroatoms. The third-order valence-electron chi connectivity index (χ3n) is 4.29. The van der Waals surface area contributed by atoms with E-state index in [9.17, 15) is 9.59 Å². The van der Waals surface area contributed by atoms with Crippen LogP contribution in [-0.2, 0) is 9.59 Å². The number of carbonyl (C=O) groups excluding carboxylic acids is 2. The van der Waals surface area contributed by atoms with Crippen molar-refractivity contribution < 1.29 is 14.3 Å². The molecule has 1 unspecified atom stereocenters. The number of methoxy groups -OCH3 is 1. The van der Waals surface area contributed by atoms with E-state index < -0.39 is 0 Å². The van der Waals surface area contributed by atoms with Crippen molar-refractivity contribution in [2.75, 3.05) is 25.1 Å². The lowest BCUT2D eigenvalue weighted by molar-refractivity contribution is -0.126. The number of hydrogen-bond acceptors (Lipinski definition) is 3. The molecule has 1 atom stereocenters. The molecule has 1 heterocycles. The molecule has 0 bridgehead atoms. The van der Waals surface area contributed by atoms with E-state index in [1.54, 1.807) is 12.0 Å². The second-order valence-corrected chi connectivity index (χ2v) is 7.05. The van der Waals surface area contributed by atoms with Crippen LogP contribution in [0.3, 0.4) is 0 Å². The molecule has 1 aliphatic rings. The molecule has 1 aliphatic heterocycles. The molecule has 0 aliphatic carbocycles. The summed E-state index contributed by atoms with van der Waals surface area (Å²) in [6.07, 6.45) is 0.213. The van der Waals surface area contributed by atoms with E-state index in [2.05, 4.69) is 33.1 Å². The standard InChI is InChI=1S/C21H19BrN2O3/c1-27-19-9-7-15(8-10-19)4-3-11-23-21(26)16-12-20(25)24(14-16)18-6-2-5-17(22)13-18/h2,5-10,13,16H,11-12,14H2,1H3,(H,23,26). The van der Waals surface area contributed by atoms with Crippen LogP contribution in [0.25, 0.3) is 0 Å². The maximum absolute atomic E-state index is 12.3. The van der Waals surface area contributed by atoms with E-state index in [-0.39, 0.29) is 30.7 Å². The first-order chi connectivity index (χ1) is 13.1. The van der Waals surface area contributed by atoms with Crippen molar-refractivity contribution in [1.29, 1.82) is 0 Å². The first kappa shape index (κ1) is 19.0. The van der Waals surface area contributed by atoms with E-state index in [1.807, 2.05) is 48.5 Å². The molecule has 27 heavy (non-hydrogen) atoms. The fourth-order valence-corrected chi connectivity index (χ4v) is 3.26. The summed E-state index contributed by atoms with van der Waals surface area (Å²) in [6.45, 7) is 0.624. The van der Waals surface area contributed by atoms with Gasteiger partial charge in [0.05, 0.1) is 19.6 Å². The van der Waals surface area contributed by atoms with E-state index in [4.69, 9.17) is 4.74 Å². The lowest BCUT2D eigenvalue weighted by atomic mass is 10.1.